The number of H-pyrrole nitrogens is 1. The summed E-state index contributed by atoms with van der Waals surface area (Å²) in [4.78, 5) is 0. The Morgan fingerprint density at radius 2 is 2.33 bits per heavy atom. The molecule has 0 radical (unpaired) electrons. The van der Waals surface area contributed by atoms with Crippen LogP contribution in [0.4, 0.5) is 4.39 Å². The summed E-state index contributed by atoms with van der Waals surface area (Å²) in [7, 11) is 1.37. The van der Waals surface area contributed by atoms with Gasteiger partial charge in [0, 0.05) is 0 Å². The van der Waals surface area contributed by atoms with E-state index in [1.165, 1.54) is 7.11 Å². The summed E-state index contributed by atoms with van der Waals surface area (Å²) in [6, 6.07) is 0. The molecule has 0 bridgehead atoms. The van der Waals surface area contributed by atoms with Crippen LogP contribution in [-0.2, 0) is 0 Å². The smallest absolute Gasteiger partial charge is 0.269 e. The predicted octanol–water partition coefficient (Wildman–Crippen LogP) is 0.866. The fourth-order valence-corrected chi connectivity index (χ4v) is 0.528. The molecule has 4 heteroatoms. The van der Waals surface area contributed by atoms with Gasteiger partial charge in [0.15, 0.2) is 0 Å². The Kier molecular flexibility index (Phi) is 1.38. The molecule has 9 heavy (non-hydrogen) atoms. The molecular weight excluding hydrogens is 123 g/mol. The van der Waals surface area contributed by atoms with Gasteiger partial charge in [-0.3, -0.25) is 5.10 Å². The second-order valence-electron chi connectivity index (χ2n) is 1.67. The zero-order valence-electron chi connectivity index (χ0n) is 5.23. The number of aromatic amines is 1. The monoisotopic (exact) mass is 130 g/mol. The minimum Gasteiger partial charge on any atom is -0.478 e. The van der Waals surface area contributed by atoms with Crippen LogP contribution in [0.25, 0.3) is 0 Å². The number of aryl methyl sites for hydroxylation is 1. The number of methoxy groups -OCH3 is 1. The van der Waals surface area contributed by atoms with Crippen LogP contribution in [0.1, 0.15) is 5.69 Å². The highest BCUT2D eigenvalue weighted by Crippen LogP contribution is 2.13. The van der Waals surface area contributed by atoms with Gasteiger partial charge in [-0.05, 0) is 6.92 Å². The van der Waals surface area contributed by atoms with Crippen molar-refractivity contribution in [3.8, 4) is 5.88 Å². The number of nitrogens with one attached hydrogen (secondary N) is 1. The SMILES string of the molecule is COc1n[nH]c(C)c1F. The Labute approximate surface area is 51.8 Å². The summed E-state index contributed by atoms with van der Waals surface area (Å²) in [6.45, 7) is 1.59. The number of nitrogens with zero attached hydrogens (tertiary/aromatic N) is 1. The standard InChI is InChI=1S/C5H7FN2O/c1-3-4(6)5(9-2)8-7-3/h1-2H3,(H,7,8). The van der Waals surface area contributed by atoms with Crippen LogP contribution < -0.4 is 4.74 Å². The largest absolute Gasteiger partial charge is 0.478 e. The summed E-state index contributed by atoms with van der Waals surface area (Å²) in [5, 5.41) is 5.95. The number of hydrogen-bond donors (Lipinski definition) is 1. The van der Waals surface area contributed by atoms with Crippen molar-refractivity contribution >= 4 is 0 Å². The molecule has 3 nitrogen and oxygen atoms in total. The lowest BCUT2D eigenvalue weighted by Crippen LogP contribution is -1.84. The first kappa shape index (κ1) is 6.07. The molecule has 1 heterocycles. The molecule has 1 N–H and O–H groups in total. The zero-order valence-corrected chi connectivity index (χ0v) is 5.23. The van der Waals surface area contributed by atoms with E-state index in [1.54, 1.807) is 6.92 Å². The van der Waals surface area contributed by atoms with E-state index in [0.29, 0.717) is 5.69 Å². The second kappa shape index (κ2) is 2.05. The van der Waals surface area contributed by atoms with Gasteiger partial charge in [-0.1, -0.05) is 0 Å². The summed E-state index contributed by atoms with van der Waals surface area (Å²) in [5.41, 5.74) is 0.395. The molecule has 0 spiro atoms. The quantitative estimate of drug-likeness (QED) is 0.612. The van der Waals surface area contributed by atoms with E-state index >= 15 is 0 Å². The van der Waals surface area contributed by atoms with E-state index in [1.807, 2.05) is 0 Å². The Balaban J connectivity index is 3.04. The maximum atomic E-state index is 12.5. The van der Waals surface area contributed by atoms with Gasteiger partial charge in [0.1, 0.15) is 0 Å². The number of rotatable bonds is 1. The van der Waals surface area contributed by atoms with Crippen LogP contribution in [0, 0.1) is 12.7 Å². The van der Waals surface area contributed by atoms with Crippen LogP contribution >= 0.6 is 0 Å². The van der Waals surface area contributed by atoms with Crippen molar-refractivity contribution in [2.75, 3.05) is 7.11 Å². The molecule has 0 unspecified atom stereocenters. The van der Waals surface area contributed by atoms with Gasteiger partial charge in [0.25, 0.3) is 5.88 Å². The van der Waals surface area contributed by atoms with Crippen molar-refractivity contribution in [2.24, 2.45) is 0 Å². The Hall–Kier alpha value is -1.06. The lowest BCUT2D eigenvalue weighted by molar-refractivity contribution is 0.372. The molecule has 0 saturated heterocycles. The Bertz CT molecular complexity index is 209. The predicted molar refractivity (Wildman–Crippen MR) is 29.8 cm³/mol. The minimum atomic E-state index is -0.419. The van der Waals surface area contributed by atoms with Crippen molar-refractivity contribution in [1.29, 1.82) is 0 Å². The van der Waals surface area contributed by atoms with E-state index in [-0.39, 0.29) is 5.88 Å². The molecule has 0 aliphatic heterocycles. The molecule has 0 aliphatic carbocycles. The van der Waals surface area contributed by atoms with Gasteiger partial charge in [-0.15, -0.1) is 5.10 Å². The highest BCUT2D eigenvalue weighted by molar-refractivity contribution is 5.15. The van der Waals surface area contributed by atoms with Gasteiger partial charge < -0.3 is 4.74 Å². The van der Waals surface area contributed by atoms with Crippen LogP contribution in [0.2, 0.25) is 0 Å². The van der Waals surface area contributed by atoms with Crippen LogP contribution in [0.15, 0.2) is 0 Å². The molecular formula is C5H7FN2O. The van der Waals surface area contributed by atoms with Crippen molar-refractivity contribution in [2.45, 2.75) is 6.92 Å². The average molecular weight is 130 g/mol. The number of aromatic nitrogens is 2. The van der Waals surface area contributed by atoms with Crippen molar-refractivity contribution in [1.82, 2.24) is 10.2 Å². The van der Waals surface area contributed by atoms with Crippen LogP contribution in [0.5, 0.6) is 5.88 Å². The molecule has 1 rings (SSSR count). The molecule has 1 aromatic heterocycles. The third-order valence-electron chi connectivity index (χ3n) is 1.04. The van der Waals surface area contributed by atoms with E-state index < -0.39 is 5.82 Å². The lowest BCUT2D eigenvalue weighted by Gasteiger charge is -1.88. The first-order chi connectivity index (χ1) is 4.25. The highest BCUT2D eigenvalue weighted by atomic mass is 19.1. The zero-order chi connectivity index (χ0) is 6.85. The molecule has 50 valence electrons. The summed E-state index contributed by atoms with van der Waals surface area (Å²) in [5.74, 6) is -0.398. The van der Waals surface area contributed by atoms with Crippen molar-refractivity contribution in [3.63, 3.8) is 0 Å². The number of hydrogen-bond acceptors (Lipinski definition) is 2. The average Bonchev–Trinajstić information content (AvgIpc) is 2.15. The van der Waals surface area contributed by atoms with Crippen molar-refractivity contribution in [3.05, 3.63) is 11.5 Å². The van der Waals surface area contributed by atoms with Crippen LogP contribution in [-0.4, -0.2) is 17.3 Å². The topological polar surface area (TPSA) is 37.9 Å². The fraction of sp³-hybridized carbons (Fsp3) is 0.400. The van der Waals surface area contributed by atoms with E-state index in [0.717, 1.165) is 0 Å². The third-order valence-corrected chi connectivity index (χ3v) is 1.04. The summed E-state index contributed by atoms with van der Waals surface area (Å²) < 4.78 is 17.1. The summed E-state index contributed by atoms with van der Waals surface area (Å²) >= 11 is 0. The maximum Gasteiger partial charge on any atom is 0.269 e. The van der Waals surface area contributed by atoms with Crippen LogP contribution in [0.3, 0.4) is 0 Å². The van der Waals surface area contributed by atoms with Gasteiger partial charge >= 0.3 is 0 Å². The van der Waals surface area contributed by atoms with Gasteiger partial charge in [-0.2, -0.15) is 4.39 Å². The first-order valence-electron chi connectivity index (χ1n) is 2.50. The highest BCUT2D eigenvalue weighted by Gasteiger charge is 2.07. The molecule has 0 aliphatic rings. The number of halogens is 1. The lowest BCUT2D eigenvalue weighted by atomic mass is 10.5. The minimum absolute atomic E-state index is 0.0208. The fourth-order valence-electron chi connectivity index (χ4n) is 0.528. The molecule has 0 aromatic carbocycles. The van der Waals surface area contributed by atoms with Gasteiger partial charge in [-0.25, -0.2) is 0 Å². The normalized spacial score (nSPS) is 9.67. The molecule has 0 fully saturated rings. The molecule has 0 saturated carbocycles. The summed E-state index contributed by atoms with van der Waals surface area (Å²) in [6.07, 6.45) is 0. The van der Waals surface area contributed by atoms with E-state index in [2.05, 4.69) is 14.9 Å². The van der Waals surface area contributed by atoms with Crippen molar-refractivity contribution < 1.29 is 9.13 Å². The molecule has 1 aromatic rings. The molecule has 0 amide bonds. The maximum absolute atomic E-state index is 12.5. The number of ether oxygens (including phenoxy) is 1. The van der Waals surface area contributed by atoms with E-state index in [9.17, 15) is 4.39 Å². The third kappa shape index (κ3) is 0.872. The Morgan fingerprint density at radius 3 is 2.56 bits per heavy atom. The van der Waals surface area contributed by atoms with E-state index in [4.69, 9.17) is 0 Å². The first-order valence-corrected chi connectivity index (χ1v) is 2.50. The molecule has 0 atom stereocenters. The second-order valence-corrected chi connectivity index (χ2v) is 1.67. The van der Waals surface area contributed by atoms with Gasteiger partial charge in [0.2, 0.25) is 5.82 Å². The van der Waals surface area contributed by atoms with Gasteiger partial charge in [0.05, 0.1) is 12.8 Å². The Morgan fingerprint density at radius 1 is 1.67 bits per heavy atom.